The van der Waals surface area contributed by atoms with Crippen LogP contribution in [0.25, 0.3) is 0 Å². The molecule has 0 fully saturated rings. The largest absolute Gasteiger partial charge is 0.396 e. The molecular weight excluding hydrogens is 242 g/mol. The summed E-state index contributed by atoms with van der Waals surface area (Å²) in [7, 11) is 0. The Bertz CT molecular complexity index is 476. The van der Waals surface area contributed by atoms with Gasteiger partial charge in [-0.25, -0.2) is 0 Å². The molecule has 4 heteroatoms. The number of unbranched alkanes of at least 4 members (excludes halogenated alkanes) is 1. The first kappa shape index (κ1) is 13.0. The summed E-state index contributed by atoms with van der Waals surface area (Å²) in [6.45, 7) is 0.945. The van der Waals surface area contributed by atoms with Crippen LogP contribution in [-0.2, 0) is 13.0 Å². The van der Waals surface area contributed by atoms with Gasteiger partial charge in [-0.15, -0.1) is 11.8 Å². The molecule has 0 aliphatic heterocycles. The summed E-state index contributed by atoms with van der Waals surface area (Å²) in [5.41, 5.74) is 7.76. The van der Waals surface area contributed by atoms with E-state index in [0.717, 1.165) is 25.1 Å². The molecule has 1 heterocycles. The molecular formula is C14H19N3S. The zero-order valence-corrected chi connectivity index (χ0v) is 11.5. The number of aromatic nitrogens is 2. The van der Waals surface area contributed by atoms with Crippen molar-refractivity contribution in [2.45, 2.75) is 30.7 Å². The summed E-state index contributed by atoms with van der Waals surface area (Å²) in [5.74, 6) is 0. The molecule has 1 aromatic heterocycles. The van der Waals surface area contributed by atoms with Gasteiger partial charge in [0.2, 0.25) is 0 Å². The van der Waals surface area contributed by atoms with Gasteiger partial charge in [0.1, 0.15) is 0 Å². The van der Waals surface area contributed by atoms with E-state index in [1.54, 1.807) is 18.0 Å². The van der Waals surface area contributed by atoms with Crippen molar-refractivity contribution in [3.05, 3.63) is 42.2 Å². The Hall–Kier alpha value is -1.42. The predicted octanol–water partition coefficient (Wildman–Crippen LogP) is 3.21. The van der Waals surface area contributed by atoms with Crippen molar-refractivity contribution in [2.24, 2.45) is 0 Å². The van der Waals surface area contributed by atoms with Crippen LogP contribution in [0.4, 0.5) is 5.69 Å². The van der Waals surface area contributed by atoms with Crippen molar-refractivity contribution in [3.63, 3.8) is 0 Å². The van der Waals surface area contributed by atoms with E-state index in [9.17, 15) is 0 Å². The quantitative estimate of drug-likeness (QED) is 0.641. The van der Waals surface area contributed by atoms with Crippen molar-refractivity contribution in [1.82, 2.24) is 9.78 Å². The highest BCUT2D eigenvalue weighted by Crippen LogP contribution is 2.16. The van der Waals surface area contributed by atoms with Gasteiger partial charge in [-0.2, -0.15) is 5.10 Å². The molecule has 0 radical (unpaired) electrons. The molecule has 0 aliphatic carbocycles. The molecule has 18 heavy (non-hydrogen) atoms. The molecule has 0 unspecified atom stereocenters. The summed E-state index contributed by atoms with van der Waals surface area (Å²) in [6, 6.07) is 8.82. The van der Waals surface area contributed by atoms with Crippen LogP contribution in [0.1, 0.15) is 18.4 Å². The lowest BCUT2D eigenvalue weighted by atomic mass is 10.1. The Labute approximate surface area is 112 Å². The molecule has 0 amide bonds. The molecule has 0 atom stereocenters. The second-order valence-corrected chi connectivity index (χ2v) is 5.22. The van der Waals surface area contributed by atoms with Crippen LogP contribution in [-0.4, -0.2) is 16.0 Å². The van der Waals surface area contributed by atoms with Gasteiger partial charge in [0.05, 0.1) is 11.9 Å². The van der Waals surface area contributed by atoms with Gasteiger partial charge in [-0.05, 0) is 43.2 Å². The van der Waals surface area contributed by atoms with Crippen molar-refractivity contribution >= 4 is 17.4 Å². The molecule has 0 spiro atoms. The van der Waals surface area contributed by atoms with Crippen LogP contribution >= 0.6 is 11.8 Å². The molecule has 0 aliphatic rings. The Morgan fingerprint density at radius 3 is 2.61 bits per heavy atom. The average Bonchev–Trinajstić information content (AvgIpc) is 2.81. The second-order valence-electron chi connectivity index (χ2n) is 4.34. The molecule has 96 valence electrons. The highest BCUT2D eigenvalue weighted by molar-refractivity contribution is 7.98. The molecule has 2 aromatic rings. The maximum Gasteiger partial charge on any atom is 0.0719 e. The number of rotatable bonds is 6. The van der Waals surface area contributed by atoms with Crippen LogP contribution in [0.2, 0.25) is 0 Å². The lowest BCUT2D eigenvalue weighted by Gasteiger charge is -2.03. The van der Waals surface area contributed by atoms with E-state index in [1.807, 2.05) is 10.9 Å². The third kappa shape index (κ3) is 3.81. The monoisotopic (exact) mass is 261 g/mol. The Morgan fingerprint density at radius 2 is 2.00 bits per heavy atom. The van der Waals surface area contributed by atoms with Gasteiger partial charge >= 0.3 is 0 Å². The lowest BCUT2D eigenvalue weighted by molar-refractivity contribution is 0.558. The van der Waals surface area contributed by atoms with Crippen LogP contribution in [0, 0.1) is 0 Å². The third-order valence-electron chi connectivity index (χ3n) is 2.91. The topological polar surface area (TPSA) is 43.8 Å². The van der Waals surface area contributed by atoms with Crippen LogP contribution in [0.15, 0.2) is 41.6 Å². The summed E-state index contributed by atoms with van der Waals surface area (Å²) in [6.07, 6.45) is 9.12. The van der Waals surface area contributed by atoms with Crippen LogP contribution in [0.5, 0.6) is 0 Å². The number of anilines is 1. The average molecular weight is 261 g/mol. The highest BCUT2D eigenvalue weighted by atomic mass is 32.2. The molecule has 0 saturated heterocycles. The van der Waals surface area contributed by atoms with Crippen molar-refractivity contribution < 1.29 is 0 Å². The van der Waals surface area contributed by atoms with E-state index in [-0.39, 0.29) is 0 Å². The van der Waals surface area contributed by atoms with E-state index in [1.165, 1.54) is 16.9 Å². The van der Waals surface area contributed by atoms with Gasteiger partial charge in [-0.3, -0.25) is 4.68 Å². The number of hydrogen-bond acceptors (Lipinski definition) is 3. The fourth-order valence-corrected chi connectivity index (χ4v) is 2.31. The number of nitrogens with two attached hydrogens (primary N) is 1. The number of aryl methyl sites for hydroxylation is 2. The lowest BCUT2D eigenvalue weighted by Crippen LogP contribution is -1.99. The van der Waals surface area contributed by atoms with E-state index >= 15 is 0 Å². The SMILES string of the molecule is CSc1ccc(CCCCn2cc(N)cn2)cc1. The standard InChI is InChI=1S/C14H19N3S/c1-18-14-7-5-12(6-8-14)4-2-3-9-17-11-13(15)10-16-17/h5-8,10-11H,2-4,9,15H2,1H3. The van der Waals surface area contributed by atoms with Crippen LogP contribution in [0.3, 0.4) is 0 Å². The summed E-state index contributed by atoms with van der Waals surface area (Å²) >= 11 is 1.78. The van der Waals surface area contributed by atoms with Gasteiger partial charge in [0.25, 0.3) is 0 Å². The smallest absolute Gasteiger partial charge is 0.0719 e. The maximum atomic E-state index is 5.62. The van der Waals surface area contributed by atoms with E-state index in [0.29, 0.717) is 0 Å². The molecule has 2 rings (SSSR count). The number of nitrogen functional groups attached to an aromatic ring is 1. The maximum absolute atomic E-state index is 5.62. The third-order valence-corrected chi connectivity index (χ3v) is 3.66. The normalized spacial score (nSPS) is 10.7. The minimum absolute atomic E-state index is 0.739. The van der Waals surface area contributed by atoms with Gasteiger partial charge in [0.15, 0.2) is 0 Å². The molecule has 2 N–H and O–H groups in total. The summed E-state index contributed by atoms with van der Waals surface area (Å²) < 4.78 is 1.91. The zero-order chi connectivity index (χ0) is 12.8. The van der Waals surface area contributed by atoms with Crippen LogP contribution < -0.4 is 5.73 Å². The number of benzene rings is 1. The minimum Gasteiger partial charge on any atom is -0.396 e. The van der Waals surface area contributed by atoms with Crippen molar-refractivity contribution in [2.75, 3.05) is 12.0 Å². The fourth-order valence-electron chi connectivity index (χ4n) is 1.90. The Morgan fingerprint density at radius 1 is 1.22 bits per heavy atom. The first-order valence-electron chi connectivity index (χ1n) is 6.19. The Kier molecular flexibility index (Phi) is 4.70. The number of thioether (sulfide) groups is 1. The zero-order valence-electron chi connectivity index (χ0n) is 10.7. The second kappa shape index (κ2) is 6.50. The van der Waals surface area contributed by atoms with E-state index in [2.05, 4.69) is 35.6 Å². The number of nitrogens with zero attached hydrogens (tertiary/aromatic N) is 2. The van der Waals surface area contributed by atoms with Crippen molar-refractivity contribution in [3.8, 4) is 0 Å². The molecule has 0 bridgehead atoms. The predicted molar refractivity (Wildman–Crippen MR) is 77.8 cm³/mol. The highest BCUT2D eigenvalue weighted by Gasteiger charge is 1.97. The first-order chi connectivity index (χ1) is 8.78. The molecule has 1 aromatic carbocycles. The molecule has 3 nitrogen and oxygen atoms in total. The summed E-state index contributed by atoms with van der Waals surface area (Å²) in [5, 5.41) is 4.17. The summed E-state index contributed by atoms with van der Waals surface area (Å²) in [4.78, 5) is 1.32. The Balaban J connectivity index is 1.71. The van der Waals surface area contributed by atoms with E-state index in [4.69, 9.17) is 5.73 Å². The number of hydrogen-bond donors (Lipinski definition) is 1. The van der Waals surface area contributed by atoms with Gasteiger partial charge in [0, 0.05) is 17.6 Å². The first-order valence-corrected chi connectivity index (χ1v) is 7.41. The van der Waals surface area contributed by atoms with Gasteiger partial charge in [-0.1, -0.05) is 12.1 Å². The van der Waals surface area contributed by atoms with Gasteiger partial charge < -0.3 is 5.73 Å². The molecule has 0 saturated carbocycles. The van der Waals surface area contributed by atoms with E-state index < -0.39 is 0 Å². The minimum atomic E-state index is 0.739. The fraction of sp³-hybridized carbons (Fsp3) is 0.357. The van der Waals surface area contributed by atoms with Crippen molar-refractivity contribution in [1.29, 1.82) is 0 Å².